The first kappa shape index (κ1) is 58.8. The van der Waals surface area contributed by atoms with Gasteiger partial charge < -0.3 is 13.8 Å². The van der Waals surface area contributed by atoms with Gasteiger partial charge in [0.1, 0.15) is 22.3 Å². The summed E-state index contributed by atoms with van der Waals surface area (Å²) in [5.41, 5.74) is 16.2. The first-order valence-corrected chi connectivity index (χ1v) is 32.5. The molecule has 0 saturated heterocycles. The summed E-state index contributed by atoms with van der Waals surface area (Å²) in [6, 6.07) is 108. The normalized spacial score (nSPS) is 11.4. The van der Waals surface area contributed by atoms with Crippen LogP contribution in [0.4, 0.5) is 4.70 Å². The van der Waals surface area contributed by atoms with Crippen LogP contribution >= 0.6 is 11.6 Å². The second-order valence-electron chi connectivity index (χ2n) is 23.8. The van der Waals surface area contributed by atoms with Gasteiger partial charge in [0.2, 0.25) is 11.2 Å². The molecular formula is C86H54ClFN8O2. The number of hydrogen-bond acceptors (Lipinski definition) is 8. The van der Waals surface area contributed by atoms with Crippen LogP contribution in [0.1, 0.15) is 0 Å². The van der Waals surface area contributed by atoms with Crippen LogP contribution in [0.15, 0.2) is 324 Å². The van der Waals surface area contributed by atoms with Gasteiger partial charge in [-0.25, -0.2) is 9.97 Å². The summed E-state index contributed by atoms with van der Waals surface area (Å²) >= 11 is 5.99. The van der Waals surface area contributed by atoms with Crippen molar-refractivity contribution in [2.24, 2.45) is 0 Å². The maximum atomic E-state index is 6.91. The van der Waals surface area contributed by atoms with Gasteiger partial charge >= 0.3 is 0 Å². The van der Waals surface area contributed by atoms with Crippen LogP contribution in [0.5, 0.6) is 0 Å². The molecule has 0 atom stereocenters. The fraction of sp³-hybridized carbons (Fsp3) is 0. The van der Waals surface area contributed by atoms with Crippen molar-refractivity contribution in [3.8, 4) is 73.8 Å². The Morgan fingerprint density at radius 3 is 1.11 bits per heavy atom. The molecule has 10 nitrogen and oxygen atoms in total. The van der Waals surface area contributed by atoms with Gasteiger partial charge in [-0.2, -0.15) is 19.9 Å². The number of rotatable bonds is 7. The van der Waals surface area contributed by atoms with Crippen LogP contribution in [0.25, 0.3) is 183 Å². The average Bonchev–Trinajstić information content (AvgIpc) is 1.56. The zero-order chi connectivity index (χ0) is 64.3. The molecule has 20 aromatic rings. The van der Waals surface area contributed by atoms with E-state index >= 15 is 0 Å². The first-order valence-electron chi connectivity index (χ1n) is 32.1. The van der Waals surface area contributed by atoms with E-state index in [1.165, 1.54) is 43.4 Å². The number of nitrogens with zero attached hydrogens (tertiary/aromatic N) is 7. The van der Waals surface area contributed by atoms with Crippen LogP contribution in [0, 0.1) is 0 Å². The highest BCUT2D eigenvalue weighted by molar-refractivity contribution is 6.31. The van der Waals surface area contributed by atoms with E-state index in [2.05, 4.69) is 219 Å². The molecule has 1 N–H and O–H groups in total. The molecule has 0 aliphatic heterocycles. The summed E-state index contributed by atoms with van der Waals surface area (Å²) in [6.45, 7) is 0. The maximum Gasteiger partial charge on any atom is 0.238 e. The van der Waals surface area contributed by atoms with Crippen molar-refractivity contribution in [1.82, 2.24) is 39.5 Å². The Hall–Kier alpha value is -13.0. The van der Waals surface area contributed by atoms with Crippen LogP contribution in [-0.4, -0.2) is 39.5 Å². The minimum Gasteiger partial charge on any atom is -0.455 e. The molecule has 0 bridgehead atoms. The van der Waals surface area contributed by atoms with Crippen molar-refractivity contribution in [2.45, 2.75) is 0 Å². The van der Waals surface area contributed by atoms with Gasteiger partial charge in [-0.15, -0.1) is 0 Å². The number of H-pyrrole nitrogens is 1. The van der Waals surface area contributed by atoms with E-state index < -0.39 is 0 Å². The lowest BCUT2D eigenvalue weighted by atomic mass is 9.95. The van der Waals surface area contributed by atoms with E-state index in [1.54, 1.807) is 0 Å². The largest absolute Gasteiger partial charge is 0.455 e. The lowest BCUT2D eigenvalue weighted by Crippen LogP contribution is -2.06. The van der Waals surface area contributed by atoms with Crippen LogP contribution in [0.2, 0.25) is 5.28 Å². The highest BCUT2D eigenvalue weighted by Crippen LogP contribution is 2.46. The molecule has 14 aromatic carbocycles. The number of fused-ring (bicyclic) bond motifs is 18. The van der Waals surface area contributed by atoms with Crippen molar-refractivity contribution in [3.63, 3.8) is 0 Å². The van der Waals surface area contributed by atoms with Crippen molar-refractivity contribution in [2.75, 3.05) is 0 Å². The smallest absolute Gasteiger partial charge is 0.238 e. The standard InChI is InChI=1S/C43H26N4O.C28H17NO.C15H10ClN3.FH/c1-4-14-27(15-5-1)34-26-37-38(31-21-11-10-20-30(31)34)33-24-25-36-39(40(33)48-37)32-22-12-13-23-35(32)47(36)43-45-41(28-16-6-2-7-17-28)44-42(46-43)29-18-8-3-9-19-29;1-2-8-17(9-3-1)22-16-25-26(19-11-5-4-10-18(19)22)21-14-15-24-27(28(21)30-25)20-12-6-7-13-23(20)29-24;16-15-18-13(11-7-3-1-4-8-11)17-14(19-15)12-9-5-2-6-10-12;/h1-26H;1-16,29H;1-10H;1H. The van der Waals surface area contributed by atoms with Gasteiger partial charge in [0.15, 0.2) is 23.3 Å². The third kappa shape index (κ3) is 10.3. The summed E-state index contributed by atoms with van der Waals surface area (Å²) in [4.78, 5) is 31.5. The highest BCUT2D eigenvalue weighted by Gasteiger charge is 2.24. The van der Waals surface area contributed by atoms with E-state index in [1.807, 2.05) is 121 Å². The molecule has 0 aliphatic rings. The van der Waals surface area contributed by atoms with E-state index in [0.717, 1.165) is 110 Å². The molecule has 0 fully saturated rings. The Morgan fingerprint density at radius 1 is 0.276 bits per heavy atom. The molecule has 20 rings (SSSR count). The van der Waals surface area contributed by atoms with E-state index in [-0.39, 0.29) is 9.99 Å². The van der Waals surface area contributed by atoms with Crippen molar-refractivity contribution >= 4 is 121 Å². The molecule has 0 aliphatic carbocycles. The van der Waals surface area contributed by atoms with Gasteiger partial charge in [0.05, 0.1) is 27.3 Å². The quantitative estimate of drug-likeness (QED) is 0.167. The predicted molar refractivity (Wildman–Crippen MR) is 399 cm³/mol. The van der Waals surface area contributed by atoms with Crippen LogP contribution in [0.3, 0.4) is 0 Å². The first-order chi connectivity index (χ1) is 48.0. The van der Waals surface area contributed by atoms with Gasteiger partial charge in [-0.3, -0.25) is 9.27 Å². The molecule has 0 unspecified atom stereocenters. The van der Waals surface area contributed by atoms with Crippen LogP contribution < -0.4 is 0 Å². The van der Waals surface area contributed by atoms with Crippen molar-refractivity contribution in [1.29, 1.82) is 0 Å². The SMILES string of the molecule is Clc1nc(-c2ccccc2)nc(-c2ccccc2)n1.F.c1ccc(-c2cc3oc4c(ccc5[nH]c6ccccc6c54)c3c3ccccc23)cc1.c1ccc(-c2nc(-c3ccccc3)nc(-n3c4ccccc4c4c5oc6cc(-c7ccccc7)c7ccccc7c6c5ccc43)n2)cc1. The maximum absolute atomic E-state index is 6.91. The molecule has 464 valence electrons. The van der Waals surface area contributed by atoms with Gasteiger partial charge in [-0.05, 0) is 104 Å². The number of aromatic nitrogens is 8. The molecule has 6 heterocycles. The molecule has 12 heteroatoms. The number of hydrogen-bond donors (Lipinski definition) is 1. The Bertz CT molecular complexity index is 6270. The Kier molecular flexibility index (Phi) is 14.9. The third-order valence-electron chi connectivity index (χ3n) is 18.1. The second-order valence-corrected chi connectivity index (χ2v) is 24.2. The number of benzene rings is 14. The summed E-state index contributed by atoms with van der Waals surface area (Å²) in [6.07, 6.45) is 0. The number of furan rings is 2. The molecule has 0 saturated carbocycles. The molecule has 0 radical (unpaired) electrons. The third-order valence-corrected chi connectivity index (χ3v) is 18.3. The minimum absolute atomic E-state index is 0. The van der Waals surface area contributed by atoms with Gasteiger partial charge in [-0.1, -0.05) is 267 Å². The number of halogens is 2. The Morgan fingerprint density at radius 2 is 0.643 bits per heavy atom. The average molecular weight is 1290 g/mol. The second kappa shape index (κ2) is 24.7. The number of para-hydroxylation sites is 2. The fourth-order valence-electron chi connectivity index (χ4n) is 13.8. The highest BCUT2D eigenvalue weighted by atomic mass is 35.5. The molecule has 0 amide bonds. The zero-order valence-electron chi connectivity index (χ0n) is 52.3. The topological polar surface area (TPSA) is 124 Å². The molecule has 6 aromatic heterocycles. The van der Waals surface area contributed by atoms with E-state index in [0.29, 0.717) is 29.2 Å². The number of nitrogens with one attached hydrogen (secondary N) is 1. The van der Waals surface area contributed by atoms with Crippen molar-refractivity contribution < 1.29 is 13.5 Å². The Labute approximate surface area is 564 Å². The molecular weight excluding hydrogens is 1230 g/mol. The van der Waals surface area contributed by atoms with Crippen molar-refractivity contribution in [3.05, 3.63) is 321 Å². The summed E-state index contributed by atoms with van der Waals surface area (Å²) < 4.78 is 15.6. The Balaban J connectivity index is 0.000000123. The number of aromatic amines is 1. The van der Waals surface area contributed by atoms with E-state index in [4.69, 9.17) is 35.4 Å². The monoisotopic (exact) mass is 1280 g/mol. The minimum atomic E-state index is 0. The fourth-order valence-corrected chi connectivity index (χ4v) is 13.9. The van der Waals surface area contributed by atoms with E-state index in [9.17, 15) is 0 Å². The summed E-state index contributed by atoms with van der Waals surface area (Å²) in [5, 5.41) is 14.1. The predicted octanol–water partition coefficient (Wildman–Crippen LogP) is 23.1. The summed E-state index contributed by atoms with van der Waals surface area (Å²) in [5.74, 6) is 2.96. The van der Waals surface area contributed by atoms with Gasteiger partial charge in [0.25, 0.3) is 0 Å². The van der Waals surface area contributed by atoms with Gasteiger partial charge in [0, 0.05) is 60.1 Å². The lowest BCUT2D eigenvalue weighted by molar-refractivity contribution is 0.673. The zero-order valence-corrected chi connectivity index (χ0v) is 53.0. The molecule has 98 heavy (non-hydrogen) atoms. The molecule has 0 spiro atoms. The summed E-state index contributed by atoms with van der Waals surface area (Å²) in [7, 11) is 0. The lowest BCUT2D eigenvalue weighted by Gasteiger charge is -2.10. The van der Waals surface area contributed by atoms with Crippen LogP contribution in [-0.2, 0) is 0 Å².